The molecule has 238 valence electrons. The number of likely N-dealkylation sites (tertiary alicyclic amines) is 1. The third-order valence-corrected chi connectivity index (χ3v) is 9.24. The number of urea groups is 1. The summed E-state index contributed by atoms with van der Waals surface area (Å²) in [5, 5.41) is 14.6. The van der Waals surface area contributed by atoms with Gasteiger partial charge in [-0.05, 0) is 65.4 Å². The summed E-state index contributed by atoms with van der Waals surface area (Å²) in [5.41, 5.74) is 4.40. The van der Waals surface area contributed by atoms with Crippen molar-refractivity contribution >= 4 is 52.2 Å². The molecule has 1 aromatic heterocycles. The van der Waals surface area contributed by atoms with Crippen molar-refractivity contribution in [2.24, 2.45) is 5.92 Å². The minimum atomic E-state index is -0.942. The van der Waals surface area contributed by atoms with Gasteiger partial charge in [-0.25, -0.2) is 4.79 Å². The van der Waals surface area contributed by atoms with Crippen LogP contribution in [0.3, 0.4) is 0 Å². The van der Waals surface area contributed by atoms with Gasteiger partial charge in [-0.2, -0.15) is 0 Å². The number of aryl methyl sites for hydroxylation is 1. The second kappa shape index (κ2) is 13.9. The number of hydrogen-bond donors (Lipinski definition) is 2. The summed E-state index contributed by atoms with van der Waals surface area (Å²) in [4.78, 5) is 56.4. The average molecular weight is 641 g/mol. The maximum absolute atomic E-state index is 13.3. The molecule has 0 bridgehead atoms. The molecule has 0 spiro atoms. The van der Waals surface area contributed by atoms with Crippen LogP contribution in [0.5, 0.6) is 5.75 Å². The third kappa shape index (κ3) is 6.89. The predicted molar refractivity (Wildman–Crippen MR) is 179 cm³/mol. The Morgan fingerprint density at radius 3 is 2.35 bits per heavy atom. The summed E-state index contributed by atoms with van der Waals surface area (Å²) in [6.07, 6.45) is 0.0927. The van der Waals surface area contributed by atoms with Gasteiger partial charge in [0.1, 0.15) is 5.75 Å². The molecular formula is C35H36N4O6S. The van der Waals surface area contributed by atoms with Gasteiger partial charge in [-0.3, -0.25) is 19.3 Å². The van der Waals surface area contributed by atoms with Crippen molar-refractivity contribution in [1.29, 1.82) is 0 Å². The number of nitrogens with one attached hydrogen (secondary N) is 1. The number of aliphatic carboxylic acids is 1. The zero-order valence-corrected chi connectivity index (χ0v) is 26.9. The van der Waals surface area contributed by atoms with E-state index in [1.165, 1.54) is 23.3 Å². The van der Waals surface area contributed by atoms with Crippen molar-refractivity contribution in [3.8, 4) is 5.75 Å². The van der Waals surface area contributed by atoms with Crippen molar-refractivity contribution in [1.82, 2.24) is 4.90 Å². The van der Waals surface area contributed by atoms with Crippen molar-refractivity contribution in [2.75, 3.05) is 49.4 Å². The molecule has 1 aliphatic heterocycles. The highest BCUT2D eigenvalue weighted by atomic mass is 32.1. The lowest BCUT2D eigenvalue weighted by atomic mass is 9.89. The number of nitrogens with zero attached hydrogens (tertiary/aromatic N) is 3. The van der Waals surface area contributed by atoms with Gasteiger partial charge < -0.3 is 25.0 Å². The summed E-state index contributed by atoms with van der Waals surface area (Å²) in [6.45, 7) is 2.39. The van der Waals surface area contributed by atoms with E-state index in [0.717, 1.165) is 16.8 Å². The Bertz CT molecular complexity index is 1740. The average Bonchev–Trinajstić information content (AvgIpc) is 3.76. The molecule has 10 nitrogen and oxygen atoms in total. The molecule has 11 heteroatoms. The standard InChI is InChI=1S/C35H36N4O6S/c1-22-8-5-6-9-29(22)38(3)35(44)36-28-16-11-23(18-30(28)45-4)19-32(40)37(2)25-14-12-24(13-15-25)26-20-39(21-27(26)34(42)43)33(41)31-10-7-17-46-31/h5-18,26-27H,19-21H2,1-4H3,(H,36,44)(H,42,43). The Kier molecular flexibility index (Phi) is 9.72. The monoisotopic (exact) mass is 640 g/mol. The maximum Gasteiger partial charge on any atom is 0.326 e. The first-order chi connectivity index (χ1) is 22.1. The van der Waals surface area contributed by atoms with Gasteiger partial charge in [0.25, 0.3) is 5.91 Å². The molecule has 0 aliphatic carbocycles. The molecule has 1 saturated heterocycles. The minimum absolute atomic E-state index is 0.0927. The number of para-hydroxylation sites is 1. The van der Waals surface area contributed by atoms with Crippen molar-refractivity contribution in [3.05, 3.63) is 106 Å². The summed E-state index contributed by atoms with van der Waals surface area (Å²) in [5.74, 6) is -1.92. The van der Waals surface area contributed by atoms with E-state index in [2.05, 4.69) is 5.32 Å². The van der Waals surface area contributed by atoms with Crippen molar-refractivity contribution < 1.29 is 29.0 Å². The van der Waals surface area contributed by atoms with Crippen LogP contribution in [0.25, 0.3) is 0 Å². The van der Waals surface area contributed by atoms with Crippen molar-refractivity contribution in [3.63, 3.8) is 0 Å². The Balaban J connectivity index is 1.23. The van der Waals surface area contributed by atoms with E-state index in [1.807, 2.05) is 48.7 Å². The number of hydrogen-bond acceptors (Lipinski definition) is 6. The fourth-order valence-corrected chi connectivity index (χ4v) is 6.38. The second-order valence-corrected chi connectivity index (χ2v) is 12.2. The predicted octanol–water partition coefficient (Wildman–Crippen LogP) is 5.88. The largest absolute Gasteiger partial charge is 0.495 e. The number of methoxy groups -OCH3 is 1. The first kappa shape index (κ1) is 32.2. The number of likely N-dealkylation sites (N-methyl/N-ethyl adjacent to an activating group) is 1. The lowest BCUT2D eigenvalue weighted by Crippen LogP contribution is -2.31. The van der Waals surface area contributed by atoms with Crippen LogP contribution in [-0.4, -0.2) is 68.1 Å². The highest BCUT2D eigenvalue weighted by molar-refractivity contribution is 7.12. The quantitative estimate of drug-likeness (QED) is 0.236. The van der Waals surface area contributed by atoms with Crippen LogP contribution in [0.15, 0.2) is 84.2 Å². The molecule has 0 saturated carbocycles. The number of carboxylic acids is 1. The molecule has 2 atom stereocenters. The number of rotatable bonds is 9. The van der Waals surface area contributed by atoms with Crippen LogP contribution in [-0.2, 0) is 16.0 Å². The van der Waals surface area contributed by atoms with Crippen LogP contribution < -0.4 is 19.9 Å². The van der Waals surface area contributed by atoms with Gasteiger partial charge in [0.05, 0.1) is 30.0 Å². The first-order valence-electron chi connectivity index (χ1n) is 14.8. The number of carbonyl (C=O) groups is 4. The molecule has 4 amide bonds. The Morgan fingerprint density at radius 1 is 0.957 bits per heavy atom. The maximum atomic E-state index is 13.3. The Morgan fingerprint density at radius 2 is 1.70 bits per heavy atom. The number of amides is 4. The van der Waals surface area contributed by atoms with E-state index in [-0.39, 0.29) is 36.7 Å². The van der Waals surface area contributed by atoms with Gasteiger partial charge in [-0.15, -0.1) is 11.3 Å². The molecule has 46 heavy (non-hydrogen) atoms. The number of ether oxygens (including phenoxy) is 1. The lowest BCUT2D eigenvalue weighted by Gasteiger charge is -2.21. The number of carboxylic acid groups (broad SMARTS) is 1. The van der Waals surface area contributed by atoms with Gasteiger partial charge in [0.2, 0.25) is 5.91 Å². The van der Waals surface area contributed by atoms with E-state index in [1.54, 1.807) is 66.4 Å². The van der Waals surface area contributed by atoms with Gasteiger partial charge >= 0.3 is 12.0 Å². The van der Waals surface area contributed by atoms with Crippen molar-refractivity contribution in [2.45, 2.75) is 19.3 Å². The molecule has 2 unspecified atom stereocenters. The molecule has 5 rings (SSSR count). The fourth-order valence-electron chi connectivity index (χ4n) is 5.69. The SMILES string of the molecule is COc1cc(CC(=O)N(C)c2ccc(C3CN(C(=O)c4cccs4)CC3C(=O)O)cc2)ccc1NC(=O)N(C)c1ccccc1C. The van der Waals surface area contributed by atoms with Crippen LogP contribution in [0.1, 0.15) is 32.3 Å². The summed E-state index contributed by atoms with van der Waals surface area (Å²) in [6, 6.07) is 23.3. The fraction of sp³-hybridized carbons (Fsp3) is 0.257. The van der Waals surface area contributed by atoms with E-state index in [0.29, 0.717) is 34.1 Å². The van der Waals surface area contributed by atoms with E-state index in [9.17, 15) is 24.3 Å². The number of anilines is 3. The molecule has 1 fully saturated rings. The number of benzene rings is 3. The minimum Gasteiger partial charge on any atom is -0.495 e. The van der Waals surface area contributed by atoms with Crippen LogP contribution in [0.2, 0.25) is 0 Å². The second-order valence-electron chi connectivity index (χ2n) is 11.3. The first-order valence-corrected chi connectivity index (χ1v) is 15.6. The summed E-state index contributed by atoms with van der Waals surface area (Å²) in [7, 11) is 4.88. The van der Waals surface area contributed by atoms with Crippen LogP contribution >= 0.6 is 11.3 Å². The van der Waals surface area contributed by atoms with Gasteiger partial charge in [-0.1, -0.05) is 42.5 Å². The number of carbonyl (C=O) groups excluding carboxylic acids is 3. The Hall–Kier alpha value is -5.16. The normalized spacial score (nSPS) is 15.7. The Labute approximate surface area is 271 Å². The number of thiophene rings is 1. The van der Waals surface area contributed by atoms with E-state index in [4.69, 9.17) is 4.74 Å². The summed E-state index contributed by atoms with van der Waals surface area (Å²) >= 11 is 1.34. The van der Waals surface area contributed by atoms with E-state index >= 15 is 0 Å². The third-order valence-electron chi connectivity index (χ3n) is 8.38. The topological polar surface area (TPSA) is 119 Å². The smallest absolute Gasteiger partial charge is 0.326 e. The van der Waals surface area contributed by atoms with Gasteiger partial charge in [0, 0.05) is 44.5 Å². The molecular weight excluding hydrogens is 604 g/mol. The molecule has 3 aromatic carbocycles. The molecule has 0 radical (unpaired) electrons. The van der Waals surface area contributed by atoms with Gasteiger partial charge in [0.15, 0.2) is 0 Å². The van der Waals surface area contributed by atoms with Crippen LogP contribution in [0, 0.1) is 12.8 Å². The summed E-state index contributed by atoms with van der Waals surface area (Å²) < 4.78 is 5.53. The highest BCUT2D eigenvalue weighted by Gasteiger charge is 2.41. The lowest BCUT2D eigenvalue weighted by molar-refractivity contribution is -0.141. The van der Waals surface area contributed by atoms with Crippen LogP contribution in [0.4, 0.5) is 21.9 Å². The molecule has 2 N–H and O–H groups in total. The molecule has 4 aromatic rings. The zero-order chi connectivity index (χ0) is 33.0. The molecule has 2 heterocycles. The van der Waals surface area contributed by atoms with E-state index < -0.39 is 11.9 Å². The zero-order valence-electron chi connectivity index (χ0n) is 26.1. The molecule has 1 aliphatic rings. The highest BCUT2D eigenvalue weighted by Crippen LogP contribution is 2.35.